The molecule has 0 saturated carbocycles. The summed E-state index contributed by atoms with van der Waals surface area (Å²) in [5.41, 5.74) is 7.99. The number of nitrogens with zero attached hydrogens (tertiary/aromatic N) is 1. The molecule has 21 heavy (non-hydrogen) atoms. The Bertz CT molecular complexity index is 793. The van der Waals surface area contributed by atoms with Gasteiger partial charge in [0.05, 0.1) is 11.8 Å². The number of allylic oxidation sites excluding steroid dienone is 1. The molecule has 0 fully saturated rings. The van der Waals surface area contributed by atoms with Crippen LogP contribution in [0.2, 0.25) is 0 Å². The molecule has 2 aromatic rings. The Kier molecular flexibility index (Phi) is 2.50. The standard InChI is InChI=1S/C20H19N/c1-13-8-11-19(21-13)14-9-10-16-15-6-4-5-7-17(15)20(2,3)18(16)12-14/h4-13H,1-3H3. The molecule has 4 rings (SSSR count). The SMILES string of the molecule is CC1C=CC(c2ccc3c(c2)C(C)(C)c2ccccc2-3)=N1. The van der Waals surface area contributed by atoms with Gasteiger partial charge in [0, 0.05) is 11.0 Å². The number of hydrogen-bond acceptors (Lipinski definition) is 1. The van der Waals surface area contributed by atoms with E-state index in [1.165, 1.54) is 27.8 Å². The third-order valence-electron chi connectivity index (χ3n) is 4.75. The number of benzene rings is 2. The summed E-state index contributed by atoms with van der Waals surface area (Å²) in [5.74, 6) is 0. The van der Waals surface area contributed by atoms with Crippen molar-refractivity contribution in [3.05, 3.63) is 71.3 Å². The van der Waals surface area contributed by atoms with Crippen molar-refractivity contribution in [2.75, 3.05) is 0 Å². The Hall–Kier alpha value is -2.15. The first-order chi connectivity index (χ1) is 10.1. The normalized spacial score (nSPS) is 21.1. The molecule has 0 saturated heterocycles. The predicted molar refractivity (Wildman–Crippen MR) is 89.1 cm³/mol. The van der Waals surface area contributed by atoms with Crippen LogP contribution in [0.4, 0.5) is 0 Å². The zero-order valence-electron chi connectivity index (χ0n) is 12.7. The summed E-state index contributed by atoms with van der Waals surface area (Å²) < 4.78 is 0. The van der Waals surface area contributed by atoms with Crippen molar-refractivity contribution >= 4 is 5.71 Å². The van der Waals surface area contributed by atoms with Gasteiger partial charge >= 0.3 is 0 Å². The molecular formula is C20H19N. The quantitative estimate of drug-likeness (QED) is 0.711. The lowest BCUT2D eigenvalue weighted by molar-refractivity contribution is 0.660. The van der Waals surface area contributed by atoms with E-state index >= 15 is 0 Å². The molecule has 0 amide bonds. The number of rotatable bonds is 1. The summed E-state index contributed by atoms with van der Waals surface area (Å²) in [6.07, 6.45) is 4.30. The molecule has 1 atom stereocenters. The van der Waals surface area contributed by atoms with Crippen LogP contribution >= 0.6 is 0 Å². The first kappa shape index (κ1) is 12.6. The van der Waals surface area contributed by atoms with Crippen LogP contribution in [0.15, 0.2) is 59.6 Å². The monoisotopic (exact) mass is 273 g/mol. The molecule has 1 nitrogen and oxygen atoms in total. The van der Waals surface area contributed by atoms with Gasteiger partial charge in [0.2, 0.25) is 0 Å². The van der Waals surface area contributed by atoms with Crippen LogP contribution in [0.25, 0.3) is 11.1 Å². The van der Waals surface area contributed by atoms with E-state index in [0.29, 0.717) is 6.04 Å². The van der Waals surface area contributed by atoms with Crippen LogP contribution in [-0.2, 0) is 5.41 Å². The summed E-state index contributed by atoms with van der Waals surface area (Å²) in [7, 11) is 0. The van der Waals surface area contributed by atoms with Gasteiger partial charge < -0.3 is 0 Å². The van der Waals surface area contributed by atoms with Crippen molar-refractivity contribution in [3.8, 4) is 11.1 Å². The molecule has 2 aromatic carbocycles. The zero-order chi connectivity index (χ0) is 14.6. The van der Waals surface area contributed by atoms with Crippen LogP contribution in [-0.4, -0.2) is 11.8 Å². The first-order valence-electron chi connectivity index (χ1n) is 7.58. The van der Waals surface area contributed by atoms with E-state index in [2.05, 4.69) is 80.4 Å². The Labute approximate surface area is 126 Å². The van der Waals surface area contributed by atoms with E-state index < -0.39 is 0 Å². The second-order valence-electron chi connectivity index (χ2n) is 6.55. The van der Waals surface area contributed by atoms with Crippen molar-refractivity contribution in [2.45, 2.75) is 32.2 Å². The largest absolute Gasteiger partial charge is 0.278 e. The minimum atomic E-state index is 0.0659. The molecule has 0 aromatic heterocycles. The average Bonchev–Trinajstić information content (AvgIpc) is 3.01. The maximum atomic E-state index is 4.69. The maximum Gasteiger partial charge on any atom is 0.0662 e. The van der Waals surface area contributed by atoms with Crippen LogP contribution in [0.1, 0.15) is 37.5 Å². The van der Waals surface area contributed by atoms with E-state index in [1.807, 2.05) is 0 Å². The molecular weight excluding hydrogens is 254 g/mol. The lowest BCUT2D eigenvalue weighted by Crippen LogP contribution is -2.15. The van der Waals surface area contributed by atoms with Crippen molar-refractivity contribution in [1.82, 2.24) is 0 Å². The van der Waals surface area contributed by atoms with Crippen molar-refractivity contribution < 1.29 is 0 Å². The molecule has 1 heterocycles. The van der Waals surface area contributed by atoms with Gasteiger partial charge in [0.15, 0.2) is 0 Å². The second-order valence-corrected chi connectivity index (χ2v) is 6.55. The fraction of sp³-hybridized carbons (Fsp3) is 0.250. The van der Waals surface area contributed by atoms with E-state index in [4.69, 9.17) is 0 Å². The lowest BCUT2D eigenvalue weighted by atomic mass is 9.82. The minimum Gasteiger partial charge on any atom is -0.278 e. The minimum absolute atomic E-state index is 0.0659. The number of hydrogen-bond donors (Lipinski definition) is 0. The highest BCUT2D eigenvalue weighted by molar-refractivity contribution is 6.10. The Morgan fingerprint density at radius 1 is 0.952 bits per heavy atom. The summed E-state index contributed by atoms with van der Waals surface area (Å²) in [6, 6.07) is 15.9. The predicted octanol–water partition coefficient (Wildman–Crippen LogP) is 4.74. The highest BCUT2D eigenvalue weighted by atomic mass is 14.8. The molecule has 1 aliphatic carbocycles. The summed E-state index contributed by atoms with van der Waals surface area (Å²) in [5, 5.41) is 0. The fourth-order valence-corrected chi connectivity index (χ4v) is 3.57. The fourth-order valence-electron chi connectivity index (χ4n) is 3.57. The Morgan fingerprint density at radius 2 is 1.71 bits per heavy atom. The van der Waals surface area contributed by atoms with E-state index in [9.17, 15) is 0 Å². The van der Waals surface area contributed by atoms with Crippen molar-refractivity contribution in [3.63, 3.8) is 0 Å². The molecule has 0 bridgehead atoms. The third-order valence-corrected chi connectivity index (χ3v) is 4.75. The summed E-state index contributed by atoms with van der Waals surface area (Å²) in [6.45, 7) is 6.75. The van der Waals surface area contributed by atoms with Crippen molar-refractivity contribution in [1.29, 1.82) is 0 Å². The zero-order valence-corrected chi connectivity index (χ0v) is 12.7. The maximum absolute atomic E-state index is 4.69. The number of fused-ring (bicyclic) bond motifs is 3. The average molecular weight is 273 g/mol. The van der Waals surface area contributed by atoms with Crippen LogP contribution in [0.5, 0.6) is 0 Å². The van der Waals surface area contributed by atoms with Gasteiger partial charge in [0.25, 0.3) is 0 Å². The smallest absolute Gasteiger partial charge is 0.0662 e. The van der Waals surface area contributed by atoms with Gasteiger partial charge in [-0.05, 0) is 41.3 Å². The molecule has 0 radical (unpaired) electrons. The molecule has 0 spiro atoms. The van der Waals surface area contributed by atoms with Crippen LogP contribution < -0.4 is 0 Å². The number of aliphatic imine (C=N–C) groups is 1. The molecule has 104 valence electrons. The molecule has 0 N–H and O–H groups in total. The van der Waals surface area contributed by atoms with E-state index in [1.54, 1.807) is 0 Å². The second kappa shape index (κ2) is 4.17. The van der Waals surface area contributed by atoms with E-state index in [0.717, 1.165) is 5.71 Å². The Balaban J connectivity index is 1.90. The lowest BCUT2D eigenvalue weighted by Gasteiger charge is -2.21. The van der Waals surface area contributed by atoms with Gasteiger partial charge in [-0.3, -0.25) is 4.99 Å². The van der Waals surface area contributed by atoms with Gasteiger partial charge in [-0.2, -0.15) is 0 Å². The molecule has 1 aliphatic heterocycles. The van der Waals surface area contributed by atoms with Crippen molar-refractivity contribution in [2.24, 2.45) is 4.99 Å². The summed E-state index contributed by atoms with van der Waals surface area (Å²) >= 11 is 0. The topological polar surface area (TPSA) is 12.4 Å². The third kappa shape index (κ3) is 1.73. The van der Waals surface area contributed by atoms with Crippen LogP contribution in [0, 0.1) is 0 Å². The molecule has 2 aliphatic rings. The van der Waals surface area contributed by atoms with Crippen LogP contribution in [0.3, 0.4) is 0 Å². The highest BCUT2D eigenvalue weighted by Crippen LogP contribution is 2.48. The van der Waals surface area contributed by atoms with Gasteiger partial charge in [-0.1, -0.05) is 56.3 Å². The Morgan fingerprint density at radius 3 is 2.48 bits per heavy atom. The van der Waals surface area contributed by atoms with Gasteiger partial charge in [-0.15, -0.1) is 0 Å². The highest BCUT2D eigenvalue weighted by Gasteiger charge is 2.35. The molecule has 1 unspecified atom stereocenters. The van der Waals surface area contributed by atoms with Gasteiger partial charge in [-0.25, -0.2) is 0 Å². The first-order valence-corrected chi connectivity index (χ1v) is 7.58. The summed E-state index contributed by atoms with van der Waals surface area (Å²) in [4.78, 5) is 4.69. The van der Waals surface area contributed by atoms with E-state index in [-0.39, 0.29) is 5.41 Å². The van der Waals surface area contributed by atoms with Gasteiger partial charge in [0.1, 0.15) is 0 Å². The molecule has 1 heteroatoms.